The molecule has 2 fully saturated rings. The van der Waals surface area contributed by atoms with Crippen molar-refractivity contribution in [1.29, 1.82) is 0 Å². The van der Waals surface area contributed by atoms with Crippen molar-refractivity contribution in [2.75, 3.05) is 20.2 Å². The molecule has 1 heterocycles. The van der Waals surface area contributed by atoms with Crippen molar-refractivity contribution in [2.24, 2.45) is 11.8 Å². The van der Waals surface area contributed by atoms with E-state index in [4.69, 9.17) is 4.74 Å². The van der Waals surface area contributed by atoms with Gasteiger partial charge in [0.2, 0.25) is 5.91 Å². The van der Waals surface area contributed by atoms with Crippen LogP contribution in [0.25, 0.3) is 0 Å². The van der Waals surface area contributed by atoms with E-state index in [0.29, 0.717) is 11.8 Å². The Labute approximate surface area is 146 Å². The molecule has 1 amide bonds. The third-order valence-electron chi connectivity index (χ3n) is 5.88. The van der Waals surface area contributed by atoms with Crippen molar-refractivity contribution in [3.05, 3.63) is 29.8 Å². The molecule has 1 aromatic rings. The van der Waals surface area contributed by atoms with Gasteiger partial charge in [0.15, 0.2) is 0 Å². The van der Waals surface area contributed by atoms with Gasteiger partial charge in [0.05, 0.1) is 7.11 Å². The maximum atomic E-state index is 12.6. The maximum absolute atomic E-state index is 12.6. The molecule has 0 bridgehead atoms. The van der Waals surface area contributed by atoms with E-state index in [1.54, 1.807) is 7.11 Å². The summed E-state index contributed by atoms with van der Waals surface area (Å²) in [7, 11) is 1.71. The average Bonchev–Trinajstić information content (AvgIpc) is 2.67. The number of amides is 1. The number of carbonyl (C=O) groups is 1. The highest BCUT2D eigenvalue weighted by Crippen LogP contribution is 2.28. The highest BCUT2D eigenvalue weighted by molar-refractivity contribution is 5.79. The van der Waals surface area contributed by atoms with Crippen LogP contribution >= 0.6 is 0 Å². The van der Waals surface area contributed by atoms with Crippen molar-refractivity contribution in [1.82, 2.24) is 4.90 Å². The average molecular weight is 329 g/mol. The molecule has 1 aliphatic carbocycles. The van der Waals surface area contributed by atoms with Crippen LogP contribution in [0.15, 0.2) is 24.3 Å². The molecule has 1 aromatic carbocycles. The Kier molecular flexibility index (Phi) is 6.17. The number of ether oxygens (including phenoxy) is 1. The fraction of sp³-hybridized carbons (Fsp3) is 0.667. The topological polar surface area (TPSA) is 29.5 Å². The Hall–Kier alpha value is -1.51. The van der Waals surface area contributed by atoms with Gasteiger partial charge in [-0.2, -0.15) is 0 Å². The number of benzene rings is 1. The van der Waals surface area contributed by atoms with Gasteiger partial charge in [0, 0.05) is 19.0 Å². The molecule has 0 radical (unpaired) electrons. The van der Waals surface area contributed by atoms with Gasteiger partial charge in [-0.25, -0.2) is 0 Å². The summed E-state index contributed by atoms with van der Waals surface area (Å²) in [5.41, 5.74) is 1.39. The molecule has 1 aliphatic heterocycles. The molecule has 24 heavy (non-hydrogen) atoms. The van der Waals surface area contributed by atoms with Gasteiger partial charge in [-0.1, -0.05) is 31.4 Å². The second-order valence-electron chi connectivity index (χ2n) is 7.49. The van der Waals surface area contributed by atoms with Crippen LogP contribution in [0.2, 0.25) is 0 Å². The van der Waals surface area contributed by atoms with Gasteiger partial charge in [-0.3, -0.25) is 4.79 Å². The SMILES string of the molecule is COc1ccc(CCC2CCN(C(=O)C3CCCCC3)CC2)cc1. The van der Waals surface area contributed by atoms with Crippen molar-refractivity contribution in [2.45, 2.75) is 57.8 Å². The molecule has 0 spiro atoms. The van der Waals surface area contributed by atoms with Crippen LogP contribution in [0.4, 0.5) is 0 Å². The Morgan fingerprint density at radius 2 is 1.71 bits per heavy atom. The van der Waals surface area contributed by atoms with Crippen LogP contribution in [0.3, 0.4) is 0 Å². The Balaban J connectivity index is 1.40. The summed E-state index contributed by atoms with van der Waals surface area (Å²) in [6, 6.07) is 8.42. The van der Waals surface area contributed by atoms with Crippen LogP contribution in [0.5, 0.6) is 5.75 Å². The van der Waals surface area contributed by atoms with Gasteiger partial charge in [-0.05, 0) is 62.1 Å². The van der Waals surface area contributed by atoms with E-state index >= 15 is 0 Å². The third-order valence-corrected chi connectivity index (χ3v) is 5.88. The minimum atomic E-state index is 0.328. The first-order valence-electron chi connectivity index (χ1n) is 9.68. The molecule has 2 aliphatic rings. The summed E-state index contributed by atoms with van der Waals surface area (Å²) in [5.74, 6) is 2.47. The van der Waals surface area contributed by atoms with Crippen LogP contribution in [-0.4, -0.2) is 31.0 Å². The van der Waals surface area contributed by atoms with E-state index in [-0.39, 0.29) is 0 Å². The second kappa shape index (κ2) is 8.55. The molecular formula is C21H31NO2. The normalized spacial score (nSPS) is 20.1. The number of carbonyl (C=O) groups excluding carboxylic acids is 1. The van der Waals surface area contributed by atoms with Gasteiger partial charge in [-0.15, -0.1) is 0 Å². The lowest BCUT2D eigenvalue weighted by Gasteiger charge is -2.35. The molecule has 3 nitrogen and oxygen atoms in total. The molecule has 3 rings (SSSR count). The van der Waals surface area contributed by atoms with Crippen molar-refractivity contribution in [3.8, 4) is 5.75 Å². The molecule has 1 saturated carbocycles. The lowest BCUT2D eigenvalue weighted by atomic mass is 9.86. The Morgan fingerprint density at radius 1 is 1.04 bits per heavy atom. The van der Waals surface area contributed by atoms with Crippen LogP contribution in [0.1, 0.15) is 56.9 Å². The first-order chi connectivity index (χ1) is 11.8. The highest BCUT2D eigenvalue weighted by atomic mass is 16.5. The summed E-state index contributed by atoms with van der Waals surface area (Å²) < 4.78 is 5.21. The fourth-order valence-electron chi connectivity index (χ4n) is 4.21. The summed E-state index contributed by atoms with van der Waals surface area (Å²) in [6.07, 6.45) is 10.8. The smallest absolute Gasteiger partial charge is 0.225 e. The van der Waals surface area contributed by atoms with Crippen LogP contribution < -0.4 is 4.74 Å². The van der Waals surface area contributed by atoms with E-state index in [1.165, 1.54) is 44.1 Å². The van der Waals surface area contributed by atoms with Gasteiger partial charge < -0.3 is 9.64 Å². The van der Waals surface area contributed by atoms with E-state index in [1.807, 2.05) is 12.1 Å². The zero-order valence-corrected chi connectivity index (χ0v) is 15.0. The fourth-order valence-corrected chi connectivity index (χ4v) is 4.21. The molecule has 132 valence electrons. The maximum Gasteiger partial charge on any atom is 0.225 e. The van der Waals surface area contributed by atoms with Gasteiger partial charge in [0.1, 0.15) is 5.75 Å². The predicted molar refractivity (Wildman–Crippen MR) is 97.2 cm³/mol. The third kappa shape index (κ3) is 4.52. The minimum absolute atomic E-state index is 0.328. The van der Waals surface area contributed by atoms with E-state index in [9.17, 15) is 4.79 Å². The molecular weight excluding hydrogens is 298 g/mol. The summed E-state index contributed by atoms with van der Waals surface area (Å²) in [6.45, 7) is 1.95. The number of likely N-dealkylation sites (tertiary alicyclic amines) is 1. The molecule has 0 aromatic heterocycles. The molecule has 0 N–H and O–H groups in total. The largest absolute Gasteiger partial charge is 0.497 e. The number of piperidine rings is 1. The lowest BCUT2D eigenvalue weighted by molar-refractivity contribution is -0.138. The number of nitrogens with zero attached hydrogens (tertiary/aromatic N) is 1. The molecule has 0 unspecified atom stereocenters. The number of rotatable bonds is 5. The van der Waals surface area contributed by atoms with Gasteiger partial charge in [0.25, 0.3) is 0 Å². The standard InChI is InChI=1S/C21H31NO2/c1-24-20-11-9-17(10-12-20)7-8-18-13-15-22(16-14-18)21(23)19-5-3-2-4-6-19/h9-12,18-19H,2-8,13-16H2,1H3. The van der Waals surface area contributed by atoms with Gasteiger partial charge >= 0.3 is 0 Å². The number of hydrogen-bond acceptors (Lipinski definition) is 2. The van der Waals surface area contributed by atoms with E-state index in [0.717, 1.165) is 44.0 Å². The molecule has 0 atom stereocenters. The number of aryl methyl sites for hydroxylation is 1. The number of methoxy groups -OCH3 is 1. The van der Waals surface area contributed by atoms with Crippen LogP contribution in [-0.2, 0) is 11.2 Å². The monoisotopic (exact) mass is 329 g/mol. The van der Waals surface area contributed by atoms with Crippen molar-refractivity contribution in [3.63, 3.8) is 0 Å². The molecule has 3 heteroatoms. The first kappa shape index (κ1) is 17.3. The zero-order chi connectivity index (χ0) is 16.8. The second-order valence-corrected chi connectivity index (χ2v) is 7.49. The van der Waals surface area contributed by atoms with Crippen molar-refractivity contribution >= 4 is 5.91 Å². The summed E-state index contributed by atoms with van der Waals surface area (Å²) in [4.78, 5) is 14.8. The summed E-state index contributed by atoms with van der Waals surface area (Å²) >= 11 is 0. The highest BCUT2D eigenvalue weighted by Gasteiger charge is 2.28. The Morgan fingerprint density at radius 3 is 2.33 bits per heavy atom. The minimum Gasteiger partial charge on any atom is -0.497 e. The van der Waals surface area contributed by atoms with E-state index < -0.39 is 0 Å². The number of hydrogen-bond donors (Lipinski definition) is 0. The predicted octanol–water partition coefficient (Wildman–Crippen LogP) is 4.45. The zero-order valence-electron chi connectivity index (χ0n) is 15.0. The van der Waals surface area contributed by atoms with E-state index in [2.05, 4.69) is 17.0 Å². The quantitative estimate of drug-likeness (QED) is 0.799. The summed E-state index contributed by atoms with van der Waals surface area (Å²) in [5, 5.41) is 0. The lowest BCUT2D eigenvalue weighted by Crippen LogP contribution is -2.42. The Bertz CT molecular complexity index is 511. The molecule has 1 saturated heterocycles. The first-order valence-corrected chi connectivity index (χ1v) is 9.68. The van der Waals surface area contributed by atoms with Crippen LogP contribution in [0, 0.1) is 11.8 Å². The van der Waals surface area contributed by atoms with Crippen molar-refractivity contribution < 1.29 is 9.53 Å².